The largest absolute Gasteiger partial charge is 0.508 e. The van der Waals surface area contributed by atoms with Crippen LogP contribution in [0.2, 0.25) is 0 Å². The Kier molecular flexibility index (Phi) is 5.43. The highest BCUT2D eigenvalue weighted by molar-refractivity contribution is 5.93. The van der Waals surface area contributed by atoms with Crippen LogP contribution in [-0.4, -0.2) is 40.1 Å². The molecule has 1 amide bonds. The van der Waals surface area contributed by atoms with Gasteiger partial charge in [-0.1, -0.05) is 12.1 Å². The minimum Gasteiger partial charge on any atom is -0.508 e. The number of carbonyl (C=O) groups is 2. The van der Waals surface area contributed by atoms with Crippen molar-refractivity contribution in [3.63, 3.8) is 0 Å². The molecule has 1 aliphatic heterocycles. The number of likely N-dealkylation sites (tertiary alicyclic amines) is 1. The second-order valence-electron chi connectivity index (χ2n) is 6.12. The van der Waals surface area contributed by atoms with Gasteiger partial charge in [-0.2, -0.15) is 0 Å². The molecule has 7 heteroatoms. The second-order valence-corrected chi connectivity index (χ2v) is 6.12. The molecule has 0 unspecified atom stereocenters. The van der Waals surface area contributed by atoms with Crippen molar-refractivity contribution in [2.75, 3.05) is 6.54 Å². The molecule has 2 atom stereocenters. The van der Waals surface area contributed by atoms with Gasteiger partial charge >= 0.3 is 5.97 Å². The fourth-order valence-corrected chi connectivity index (χ4v) is 2.17. The Hall–Kier alpha value is -1.79. The molecule has 1 aromatic rings. The number of phenols is 1. The summed E-state index contributed by atoms with van der Waals surface area (Å²) in [5, 5.41) is 9.35. The molecule has 122 valence electrons. The van der Waals surface area contributed by atoms with Gasteiger partial charge < -0.3 is 20.5 Å². The number of aromatic hydroxyl groups is 1. The van der Waals surface area contributed by atoms with Gasteiger partial charge in [0.15, 0.2) is 6.04 Å². The van der Waals surface area contributed by atoms with Gasteiger partial charge in [-0.15, -0.1) is 12.4 Å². The lowest BCUT2D eigenvalue weighted by Crippen LogP contribution is -2.63. The highest BCUT2D eigenvalue weighted by atomic mass is 35.5. The number of esters is 1. The number of carbonyl (C=O) groups excluding carboxylic acids is 2. The summed E-state index contributed by atoms with van der Waals surface area (Å²) < 4.78 is 5.39. The summed E-state index contributed by atoms with van der Waals surface area (Å²) in [6, 6.07) is 4.74. The number of nitrogens with zero attached hydrogens (tertiary/aromatic N) is 1. The standard InChI is InChI=1S/C15H20N2O4.ClH/c1-15(2,3)21-14(20)12(17-8-11(16)13(17)19)9-4-6-10(18)7-5-9;/h4-7,11-12,18H,8,16H2,1-3H3;1H/t11-,12-;/m0./s1. The van der Waals surface area contributed by atoms with Crippen LogP contribution in [0.4, 0.5) is 0 Å². The highest BCUT2D eigenvalue weighted by Crippen LogP contribution is 2.30. The van der Waals surface area contributed by atoms with Crippen molar-refractivity contribution in [2.45, 2.75) is 38.5 Å². The van der Waals surface area contributed by atoms with Gasteiger partial charge in [0.2, 0.25) is 5.91 Å². The second kappa shape index (κ2) is 6.54. The first-order valence-electron chi connectivity index (χ1n) is 6.77. The van der Waals surface area contributed by atoms with Gasteiger partial charge in [-0.25, -0.2) is 4.79 Å². The molecule has 0 saturated carbocycles. The Morgan fingerprint density at radius 1 is 1.36 bits per heavy atom. The monoisotopic (exact) mass is 328 g/mol. The van der Waals surface area contributed by atoms with E-state index < -0.39 is 23.7 Å². The van der Waals surface area contributed by atoms with E-state index in [-0.39, 0.29) is 24.1 Å². The van der Waals surface area contributed by atoms with E-state index in [9.17, 15) is 14.7 Å². The highest BCUT2D eigenvalue weighted by Gasteiger charge is 2.43. The molecular formula is C15H21ClN2O4. The lowest BCUT2D eigenvalue weighted by Gasteiger charge is -2.41. The molecule has 0 spiro atoms. The Morgan fingerprint density at radius 2 is 1.91 bits per heavy atom. The molecule has 0 aliphatic carbocycles. The smallest absolute Gasteiger partial charge is 0.334 e. The normalized spacial score (nSPS) is 19.0. The molecule has 1 saturated heterocycles. The number of hydrogen-bond acceptors (Lipinski definition) is 5. The summed E-state index contributed by atoms with van der Waals surface area (Å²) in [5.74, 6) is -0.694. The van der Waals surface area contributed by atoms with E-state index in [2.05, 4.69) is 0 Å². The van der Waals surface area contributed by atoms with Crippen LogP contribution >= 0.6 is 12.4 Å². The fourth-order valence-electron chi connectivity index (χ4n) is 2.17. The lowest BCUT2D eigenvalue weighted by atomic mass is 9.98. The minimum atomic E-state index is -0.836. The van der Waals surface area contributed by atoms with Gasteiger partial charge in [0, 0.05) is 6.54 Å². The van der Waals surface area contributed by atoms with Crippen LogP contribution in [0.1, 0.15) is 32.4 Å². The molecule has 1 aromatic carbocycles. The van der Waals surface area contributed by atoms with Crippen LogP contribution in [0.25, 0.3) is 0 Å². The number of nitrogens with two attached hydrogens (primary N) is 1. The molecule has 3 N–H and O–H groups in total. The van der Waals surface area contributed by atoms with Crippen LogP contribution in [0.5, 0.6) is 5.75 Å². The van der Waals surface area contributed by atoms with Crippen molar-refractivity contribution < 1.29 is 19.4 Å². The molecule has 0 bridgehead atoms. The third kappa shape index (κ3) is 3.90. The molecule has 22 heavy (non-hydrogen) atoms. The van der Waals surface area contributed by atoms with Gasteiger partial charge in [0.05, 0.1) is 0 Å². The van der Waals surface area contributed by atoms with E-state index in [1.165, 1.54) is 17.0 Å². The fraction of sp³-hybridized carbons (Fsp3) is 0.467. The maximum Gasteiger partial charge on any atom is 0.334 e. The van der Waals surface area contributed by atoms with Crippen molar-refractivity contribution >= 4 is 24.3 Å². The van der Waals surface area contributed by atoms with E-state index in [4.69, 9.17) is 10.5 Å². The number of halogens is 1. The van der Waals surface area contributed by atoms with Crippen molar-refractivity contribution in [2.24, 2.45) is 5.73 Å². The summed E-state index contributed by atoms with van der Waals surface area (Å²) in [6.07, 6.45) is 0. The van der Waals surface area contributed by atoms with E-state index >= 15 is 0 Å². The Labute approximate surface area is 135 Å². The van der Waals surface area contributed by atoms with E-state index in [1.54, 1.807) is 32.9 Å². The molecule has 0 radical (unpaired) electrons. The van der Waals surface area contributed by atoms with Gasteiger partial charge in [-0.3, -0.25) is 4.79 Å². The van der Waals surface area contributed by atoms with Crippen molar-refractivity contribution in [3.05, 3.63) is 29.8 Å². The summed E-state index contributed by atoms with van der Waals surface area (Å²) in [4.78, 5) is 25.7. The Balaban J connectivity index is 0.00000242. The predicted octanol–water partition coefficient (Wildman–Crippen LogP) is 1.37. The summed E-state index contributed by atoms with van der Waals surface area (Å²) in [6.45, 7) is 5.61. The van der Waals surface area contributed by atoms with Crippen LogP contribution in [0.15, 0.2) is 24.3 Å². The minimum absolute atomic E-state index is 0. The van der Waals surface area contributed by atoms with E-state index in [0.717, 1.165) is 0 Å². The first-order chi connectivity index (χ1) is 9.69. The molecular weight excluding hydrogens is 308 g/mol. The third-order valence-electron chi connectivity index (χ3n) is 3.14. The lowest BCUT2D eigenvalue weighted by molar-refractivity contribution is -0.170. The maximum atomic E-state index is 12.4. The van der Waals surface area contributed by atoms with Gasteiger partial charge in [-0.05, 0) is 38.5 Å². The van der Waals surface area contributed by atoms with Crippen LogP contribution in [-0.2, 0) is 14.3 Å². The third-order valence-corrected chi connectivity index (χ3v) is 3.14. The summed E-state index contributed by atoms with van der Waals surface area (Å²) in [7, 11) is 0. The Morgan fingerprint density at radius 3 is 2.32 bits per heavy atom. The number of hydrogen-bond donors (Lipinski definition) is 2. The van der Waals surface area contributed by atoms with E-state index in [1.807, 2.05) is 0 Å². The SMILES string of the molecule is CC(C)(C)OC(=O)[C@H](c1ccc(O)cc1)N1C[C@H](N)C1=O.Cl. The predicted molar refractivity (Wildman–Crippen MR) is 83.6 cm³/mol. The van der Waals surface area contributed by atoms with Crippen molar-refractivity contribution in [1.82, 2.24) is 4.90 Å². The average molecular weight is 329 g/mol. The average Bonchev–Trinajstić information content (AvgIpc) is 2.38. The van der Waals surface area contributed by atoms with Gasteiger partial charge in [0.25, 0.3) is 0 Å². The number of rotatable bonds is 3. The molecule has 6 nitrogen and oxygen atoms in total. The van der Waals surface area contributed by atoms with Crippen molar-refractivity contribution in [1.29, 1.82) is 0 Å². The van der Waals surface area contributed by atoms with Gasteiger partial charge in [0.1, 0.15) is 17.4 Å². The molecule has 1 heterocycles. The number of β-lactam (4-membered cyclic amide) rings is 1. The molecule has 2 rings (SSSR count). The summed E-state index contributed by atoms with van der Waals surface area (Å²) in [5.41, 5.74) is 5.53. The number of ether oxygens (including phenoxy) is 1. The first kappa shape index (κ1) is 18.3. The number of amides is 1. The van der Waals surface area contributed by atoms with Crippen molar-refractivity contribution in [3.8, 4) is 5.75 Å². The van der Waals surface area contributed by atoms with Crippen LogP contribution < -0.4 is 5.73 Å². The maximum absolute atomic E-state index is 12.4. The zero-order valence-electron chi connectivity index (χ0n) is 12.8. The molecule has 1 aliphatic rings. The first-order valence-corrected chi connectivity index (χ1v) is 6.77. The topological polar surface area (TPSA) is 92.9 Å². The number of phenolic OH excluding ortho intramolecular Hbond substituents is 1. The molecule has 1 fully saturated rings. The number of benzene rings is 1. The van der Waals surface area contributed by atoms with Crippen LogP contribution in [0.3, 0.4) is 0 Å². The summed E-state index contributed by atoms with van der Waals surface area (Å²) >= 11 is 0. The Bertz CT molecular complexity index is 554. The molecule has 0 aromatic heterocycles. The van der Waals surface area contributed by atoms with E-state index in [0.29, 0.717) is 12.1 Å². The zero-order chi connectivity index (χ0) is 15.8. The zero-order valence-corrected chi connectivity index (χ0v) is 13.6. The van der Waals surface area contributed by atoms with Crippen LogP contribution in [0, 0.1) is 0 Å². The quantitative estimate of drug-likeness (QED) is 0.645.